The minimum atomic E-state index is -1.28. The number of carboxylic acid groups (broad SMARTS) is 1. The summed E-state index contributed by atoms with van der Waals surface area (Å²) in [5.41, 5.74) is 0.276. The fourth-order valence-corrected chi connectivity index (χ4v) is 5.50. The zero-order chi connectivity index (χ0) is 21.3. The molecule has 1 aromatic carbocycles. The Labute approximate surface area is 184 Å². The lowest BCUT2D eigenvalue weighted by molar-refractivity contribution is -0.150. The van der Waals surface area contributed by atoms with Crippen molar-refractivity contribution >= 4 is 75.3 Å². The van der Waals surface area contributed by atoms with Crippen molar-refractivity contribution in [1.29, 1.82) is 0 Å². The van der Waals surface area contributed by atoms with Crippen LogP contribution < -0.4 is 10.6 Å². The fourth-order valence-electron chi connectivity index (χ4n) is 2.88. The number of nitrogens with one attached hydrogen (secondary N) is 2. The number of aliphatic carboxylic acids is 1. The fraction of sp³-hybridized carbons (Fsp3) is 0.294. The topological polar surface area (TPSA) is 116 Å². The molecule has 3 N–H and O–H groups in total. The summed E-state index contributed by atoms with van der Waals surface area (Å²) in [5, 5.41) is 15.0. The van der Waals surface area contributed by atoms with E-state index < -0.39 is 29.2 Å². The predicted molar refractivity (Wildman–Crippen MR) is 113 cm³/mol. The van der Waals surface area contributed by atoms with Gasteiger partial charge < -0.3 is 15.7 Å². The van der Waals surface area contributed by atoms with Gasteiger partial charge in [-0.25, -0.2) is 4.79 Å². The minimum Gasteiger partial charge on any atom is -0.477 e. The van der Waals surface area contributed by atoms with Gasteiger partial charge in [-0.1, -0.05) is 35.0 Å². The number of carbonyl (C=O) groups excluding carboxylic acids is 3. The van der Waals surface area contributed by atoms with E-state index in [1.807, 2.05) is 0 Å². The largest absolute Gasteiger partial charge is 0.477 e. The Morgan fingerprint density at radius 2 is 2.07 bits per heavy atom. The number of nitrogens with zero attached hydrogens (tertiary/aromatic N) is 1. The Balaban J connectivity index is 1.64. The molecule has 2 heterocycles. The molecule has 2 aliphatic rings. The Morgan fingerprint density at radius 3 is 2.72 bits per heavy atom. The lowest BCUT2D eigenvalue weighted by atomic mass is 10.1. The van der Waals surface area contributed by atoms with Crippen LogP contribution in [-0.4, -0.2) is 56.6 Å². The van der Waals surface area contributed by atoms with E-state index >= 15 is 0 Å². The van der Waals surface area contributed by atoms with Gasteiger partial charge in [-0.05, 0) is 18.2 Å². The summed E-state index contributed by atoms with van der Waals surface area (Å²) < 4.78 is 0. The first kappa shape index (κ1) is 21.8. The smallest absolute Gasteiger partial charge is 0.353 e. The highest BCUT2D eigenvalue weighted by molar-refractivity contribution is 8.17. The molecule has 1 aromatic rings. The number of hydrogen-bond acceptors (Lipinski definition) is 7. The molecule has 0 aliphatic carbocycles. The Morgan fingerprint density at radius 1 is 1.34 bits per heavy atom. The van der Waals surface area contributed by atoms with Crippen LogP contribution >= 0.6 is 46.7 Å². The highest BCUT2D eigenvalue weighted by atomic mass is 35.5. The Hall–Kier alpha value is -1.88. The molecule has 0 aromatic heterocycles. The van der Waals surface area contributed by atoms with Gasteiger partial charge in [0.1, 0.15) is 17.1 Å². The van der Waals surface area contributed by atoms with Gasteiger partial charge in [-0.2, -0.15) is 0 Å². The van der Waals surface area contributed by atoms with Crippen molar-refractivity contribution in [3.63, 3.8) is 0 Å². The van der Waals surface area contributed by atoms with Crippen molar-refractivity contribution in [1.82, 2.24) is 10.2 Å². The van der Waals surface area contributed by atoms with Crippen LogP contribution in [0.2, 0.25) is 10.0 Å². The minimum absolute atomic E-state index is 0.145. The van der Waals surface area contributed by atoms with Gasteiger partial charge in [-0.3, -0.25) is 19.3 Å². The standard InChI is InChI=1S/C17H15Cl2N3O5S2/c1-7(23)29-11-6-28-16-13(15(25)22(16)14(11)17(26)27)21-12(24)5-20-10-4-8(18)2-3-9(10)19/h2-4,13,16,20H,5-6H2,1H3,(H,21,24)(H,26,27)/t13-,16-/m1/s1. The zero-order valence-corrected chi connectivity index (χ0v) is 18.0. The van der Waals surface area contributed by atoms with Crippen molar-refractivity contribution in [2.24, 2.45) is 0 Å². The first-order valence-electron chi connectivity index (χ1n) is 8.27. The Bertz CT molecular complexity index is 940. The lowest BCUT2D eigenvalue weighted by Gasteiger charge is -2.49. The maximum Gasteiger partial charge on any atom is 0.353 e. The third kappa shape index (κ3) is 4.66. The van der Waals surface area contributed by atoms with E-state index in [4.69, 9.17) is 23.2 Å². The van der Waals surface area contributed by atoms with Gasteiger partial charge in [-0.15, -0.1) is 11.8 Å². The number of β-lactam (4-membered cyclic amide) rings is 1. The second kappa shape index (κ2) is 8.86. The van der Waals surface area contributed by atoms with Crippen molar-refractivity contribution in [3.8, 4) is 0 Å². The van der Waals surface area contributed by atoms with Crippen LogP contribution in [0.15, 0.2) is 28.8 Å². The summed E-state index contributed by atoms with van der Waals surface area (Å²) in [6, 6.07) is 3.93. The van der Waals surface area contributed by atoms with E-state index in [9.17, 15) is 24.3 Å². The third-order valence-corrected chi connectivity index (χ3v) is 6.99. The molecule has 0 saturated carbocycles. The number of benzene rings is 1. The zero-order valence-electron chi connectivity index (χ0n) is 14.9. The van der Waals surface area contributed by atoms with Crippen LogP contribution in [-0.2, 0) is 19.2 Å². The van der Waals surface area contributed by atoms with Gasteiger partial charge in [0.2, 0.25) is 5.91 Å². The van der Waals surface area contributed by atoms with E-state index in [0.717, 1.165) is 16.7 Å². The molecular formula is C17H15Cl2N3O5S2. The average Bonchev–Trinajstić information content (AvgIpc) is 2.65. The molecule has 12 heteroatoms. The molecule has 0 unspecified atom stereocenters. The number of fused-ring (bicyclic) bond motifs is 1. The highest BCUT2D eigenvalue weighted by Crippen LogP contribution is 2.43. The molecule has 0 spiro atoms. The van der Waals surface area contributed by atoms with Crippen LogP contribution in [0, 0.1) is 0 Å². The molecule has 3 rings (SSSR count). The SMILES string of the molecule is CC(=O)SC1=C(C(=O)O)N2C(=O)[C@@H](NC(=O)CNc3cc(Cl)ccc3Cl)[C@H]2SC1. The quantitative estimate of drug-likeness (QED) is 0.537. The number of halogens is 2. The van der Waals surface area contributed by atoms with Crippen LogP contribution in [0.25, 0.3) is 0 Å². The Kier molecular flexibility index (Phi) is 6.67. The van der Waals surface area contributed by atoms with Crippen LogP contribution in [0.4, 0.5) is 5.69 Å². The summed E-state index contributed by atoms with van der Waals surface area (Å²) in [6.07, 6.45) is 0. The lowest BCUT2D eigenvalue weighted by Crippen LogP contribution is -2.70. The first-order chi connectivity index (χ1) is 13.7. The van der Waals surface area contributed by atoms with Crippen LogP contribution in [0.3, 0.4) is 0 Å². The van der Waals surface area contributed by atoms with E-state index in [1.54, 1.807) is 18.2 Å². The molecule has 2 atom stereocenters. The van der Waals surface area contributed by atoms with Crippen molar-refractivity contribution in [2.75, 3.05) is 17.6 Å². The number of hydrogen-bond donors (Lipinski definition) is 3. The second-order valence-corrected chi connectivity index (χ2v) is 9.32. The molecular weight excluding hydrogens is 461 g/mol. The van der Waals surface area contributed by atoms with E-state index in [0.29, 0.717) is 20.6 Å². The van der Waals surface area contributed by atoms with Crippen LogP contribution in [0.5, 0.6) is 0 Å². The molecule has 8 nitrogen and oxygen atoms in total. The number of carbonyl (C=O) groups is 4. The van der Waals surface area contributed by atoms with Gasteiger partial charge >= 0.3 is 5.97 Å². The second-order valence-electron chi connectivity index (χ2n) is 6.10. The maximum atomic E-state index is 12.5. The van der Waals surface area contributed by atoms with Crippen LogP contribution in [0.1, 0.15) is 6.92 Å². The van der Waals surface area contributed by atoms with Crippen molar-refractivity contribution in [2.45, 2.75) is 18.3 Å². The maximum absolute atomic E-state index is 12.5. The molecule has 0 radical (unpaired) electrons. The highest BCUT2D eigenvalue weighted by Gasteiger charge is 2.54. The van der Waals surface area contributed by atoms with E-state index in [1.165, 1.54) is 18.7 Å². The summed E-state index contributed by atoms with van der Waals surface area (Å²) in [5.74, 6) is -2.00. The average molecular weight is 476 g/mol. The van der Waals surface area contributed by atoms with E-state index in [2.05, 4.69) is 10.6 Å². The third-order valence-electron chi connectivity index (χ3n) is 4.09. The normalized spacial score (nSPS) is 20.7. The molecule has 29 heavy (non-hydrogen) atoms. The predicted octanol–water partition coefficient (Wildman–Crippen LogP) is 2.38. The number of rotatable bonds is 6. The number of thioether (sulfide) groups is 2. The first-order valence-corrected chi connectivity index (χ1v) is 10.9. The summed E-state index contributed by atoms with van der Waals surface area (Å²) in [4.78, 5) is 49.2. The molecule has 1 fully saturated rings. The number of amides is 2. The summed E-state index contributed by atoms with van der Waals surface area (Å²) in [6.45, 7) is 1.18. The van der Waals surface area contributed by atoms with Gasteiger partial charge in [0, 0.05) is 22.6 Å². The van der Waals surface area contributed by atoms with Crippen molar-refractivity contribution in [3.05, 3.63) is 38.8 Å². The molecule has 1 saturated heterocycles. The molecule has 2 amide bonds. The molecule has 0 bridgehead atoms. The molecule has 2 aliphatic heterocycles. The van der Waals surface area contributed by atoms with Gasteiger partial charge in [0.05, 0.1) is 17.3 Å². The number of carboxylic acids is 1. The van der Waals surface area contributed by atoms with Crippen molar-refractivity contribution < 1.29 is 24.3 Å². The summed E-state index contributed by atoms with van der Waals surface area (Å²) >= 11 is 14.0. The molecule has 154 valence electrons. The van der Waals surface area contributed by atoms with Gasteiger partial charge in [0.25, 0.3) is 5.91 Å². The summed E-state index contributed by atoms with van der Waals surface area (Å²) in [7, 11) is 0. The van der Waals surface area contributed by atoms with E-state index in [-0.39, 0.29) is 23.1 Å². The van der Waals surface area contributed by atoms with Gasteiger partial charge in [0.15, 0.2) is 5.12 Å². The number of anilines is 1. The monoisotopic (exact) mass is 475 g/mol.